The van der Waals surface area contributed by atoms with E-state index >= 15 is 0 Å². The second-order valence-corrected chi connectivity index (χ2v) is 4.67. The van der Waals surface area contributed by atoms with Crippen LogP contribution in [-0.2, 0) is 0 Å². The maximum absolute atomic E-state index is 5.78. The van der Waals surface area contributed by atoms with Crippen LogP contribution >= 0.6 is 0 Å². The molecule has 4 nitrogen and oxygen atoms in total. The predicted molar refractivity (Wildman–Crippen MR) is 79.2 cm³/mol. The van der Waals surface area contributed by atoms with Crippen molar-refractivity contribution >= 4 is 17.2 Å². The average molecular weight is 257 g/mol. The van der Waals surface area contributed by atoms with E-state index < -0.39 is 0 Å². The first-order valence-electron chi connectivity index (χ1n) is 6.14. The van der Waals surface area contributed by atoms with Gasteiger partial charge in [-0.25, -0.2) is 0 Å². The van der Waals surface area contributed by atoms with Crippen molar-refractivity contribution in [1.82, 2.24) is 4.98 Å². The molecular weight excluding hydrogens is 238 g/mol. The molecule has 1 aromatic heterocycles. The van der Waals surface area contributed by atoms with Crippen LogP contribution in [0, 0.1) is 13.8 Å². The SMILES string of the molecule is COc1nc(N(C)c2cc(C)cc(C)c2)ccc1N. The van der Waals surface area contributed by atoms with Gasteiger partial charge in [0, 0.05) is 12.7 Å². The number of benzene rings is 1. The Balaban J connectivity index is 2.40. The molecule has 1 aromatic carbocycles. The van der Waals surface area contributed by atoms with Crippen molar-refractivity contribution in [3.05, 3.63) is 41.5 Å². The fourth-order valence-electron chi connectivity index (χ4n) is 2.07. The van der Waals surface area contributed by atoms with Crippen molar-refractivity contribution in [3.8, 4) is 5.88 Å². The van der Waals surface area contributed by atoms with Crippen LogP contribution in [0.15, 0.2) is 30.3 Å². The van der Waals surface area contributed by atoms with Crippen LogP contribution in [0.3, 0.4) is 0 Å². The molecule has 0 saturated heterocycles. The van der Waals surface area contributed by atoms with Gasteiger partial charge in [0.15, 0.2) is 0 Å². The first-order chi connectivity index (χ1) is 9.01. The van der Waals surface area contributed by atoms with E-state index in [2.05, 4.69) is 37.0 Å². The van der Waals surface area contributed by atoms with Crippen molar-refractivity contribution in [2.45, 2.75) is 13.8 Å². The van der Waals surface area contributed by atoms with E-state index in [9.17, 15) is 0 Å². The number of pyridine rings is 1. The molecule has 0 saturated carbocycles. The highest BCUT2D eigenvalue weighted by atomic mass is 16.5. The summed E-state index contributed by atoms with van der Waals surface area (Å²) in [4.78, 5) is 6.42. The number of aryl methyl sites for hydroxylation is 2. The topological polar surface area (TPSA) is 51.4 Å². The molecule has 0 atom stereocenters. The quantitative estimate of drug-likeness (QED) is 0.918. The number of hydrogen-bond donors (Lipinski definition) is 1. The molecule has 1 heterocycles. The van der Waals surface area contributed by atoms with Gasteiger partial charge in [-0.1, -0.05) is 6.07 Å². The van der Waals surface area contributed by atoms with Crippen molar-refractivity contribution in [1.29, 1.82) is 0 Å². The molecule has 0 fully saturated rings. The van der Waals surface area contributed by atoms with Gasteiger partial charge in [0.2, 0.25) is 5.88 Å². The van der Waals surface area contributed by atoms with Crippen LogP contribution in [0.5, 0.6) is 5.88 Å². The van der Waals surface area contributed by atoms with Crippen LogP contribution in [0.4, 0.5) is 17.2 Å². The number of nitrogen functional groups attached to an aromatic ring is 1. The van der Waals surface area contributed by atoms with Crippen LogP contribution in [-0.4, -0.2) is 19.1 Å². The standard InChI is InChI=1S/C15H19N3O/c1-10-7-11(2)9-12(8-10)18(3)14-6-5-13(16)15(17-14)19-4/h5-9H,16H2,1-4H3. The molecule has 19 heavy (non-hydrogen) atoms. The predicted octanol–water partition coefficient (Wildman–Crippen LogP) is 3.06. The van der Waals surface area contributed by atoms with E-state index in [0.717, 1.165) is 11.5 Å². The normalized spacial score (nSPS) is 10.3. The van der Waals surface area contributed by atoms with Gasteiger partial charge >= 0.3 is 0 Å². The summed E-state index contributed by atoms with van der Waals surface area (Å²) in [6, 6.07) is 10.1. The molecule has 0 aliphatic rings. The molecule has 0 unspecified atom stereocenters. The fourth-order valence-corrected chi connectivity index (χ4v) is 2.07. The Morgan fingerprint density at radius 1 is 1.11 bits per heavy atom. The van der Waals surface area contributed by atoms with E-state index in [4.69, 9.17) is 10.5 Å². The lowest BCUT2D eigenvalue weighted by atomic mass is 10.1. The molecule has 2 aromatic rings. The summed E-state index contributed by atoms with van der Waals surface area (Å²) < 4.78 is 5.16. The number of methoxy groups -OCH3 is 1. The fraction of sp³-hybridized carbons (Fsp3) is 0.267. The highest BCUT2D eigenvalue weighted by Gasteiger charge is 2.09. The maximum Gasteiger partial charge on any atom is 0.238 e. The molecule has 2 N–H and O–H groups in total. The molecule has 100 valence electrons. The number of aromatic nitrogens is 1. The van der Waals surface area contributed by atoms with Crippen molar-refractivity contribution < 1.29 is 4.74 Å². The molecule has 0 aliphatic carbocycles. The number of anilines is 3. The van der Waals surface area contributed by atoms with Gasteiger partial charge in [-0.2, -0.15) is 4.98 Å². The van der Waals surface area contributed by atoms with Crippen LogP contribution in [0.2, 0.25) is 0 Å². The smallest absolute Gasteiger partial charge is 0.238 e. The number of hydrogen-bond acceptors (Lipinski definition) is 4. The van der Waals surface area contributed by atoms with Gasteiger partial charge < -0.3 is 15.4 Å². The second kappa shape index (κ2) is 5.18. The first-order valence-corrected chi connectivity index (χ1v) is 6.14. The lowest BCUT2D eigenvalue weighted by Crippen LogP contribution is -2.12. The second-order valence-electron chi connectivity index (χ2n) is 4.67. The summed E-state index contributed by atoms with van der Waals surface area (Å²) in [6.07, 6.45) is 0. The van der Waals surface area contributed by atoms with Gasteiger partial charge in [-0.15, -0.1) is 0 Å². The zero-order valence-electron chi connectivity index (χ0n) is 11.8. The molecular formula is C15H19N3O. The molecule has 0 bridgehead atoms. The van der Waals surface area contributed by atoms with Gasteiger partial charge in [0.25, 0.3) is 0 Å². The van der Waals surface area contributed by atoms with E-state index in [1.165, 1.54) is 11.1 Å². The monoisotopic (exact) mass is 257 g/mol. The van der Waals surface area contributed by atoms with Crippen molar-refractivity contribution in [3.63, 3.8) is 0 Å². The van der Waals surface area contributed by atoms with Gasteiger partial charge in [0.1, 0.15) is 5.82 Å². The van der Waals surface area contributed by atoms with Crippen LogP contribution in [0.1, 0.15) is 11.1 Å². The van der Waals surface area contributed by atoms with E-state index in [-0.39, 0.29) is 0 Å². The van der Waals surface area contributed by atoms with Gasteiger partial charge in [-0.3, -0.25) is 0 Å². The van der Waals surface area contributed by atoms with Crippen molar-refractivity contribution in [2.75, 3.05) is 24.8 Å². The Bertz CT molecular complexity index is 576. The third-order valence-electron chi connectivity index (χ3n) is 3.01. The highest BCUT2D eigenvalue weighted by molar-refractivity contribution is 5.64. The molecule has 0 aliphatic heterocycles. The minimum Gasteiger partial charge on any atom is -0.479 e. The number of rotatable bonds is 3. The van der Waals surface area contributed by atoms with Crippen LogP contribution in [0.25, 0.3) is 0 Å². The van der Waals surface area contributed by atoms with Gasteiger partial charge in [0.05, 0.1) is 12.8 Å². The molecule has 2 rings (SSSR count). The zero-order chi connectivity index (χ0) is 14.0. The summed E-state index contributed by atoms with van der Waals surface area (Å²) >= 11 is 0. The third-order valence-corrected chi connectivity index (χ3v) is 3.01. The first kappa shape index (κ1) is 13.2. The van der Waals surface area contributed by atoms with Crippen LogP contribution < -0.4 is 15.4 Å². The summed E-state index contributed by atoms with van der Waals surface area (Å²) in [5.74, 6) is 1.25. The Kier molecular flexibility index (Phi) is 3.60. The summed E-state index contributed by atoms with van der Waals surface area (Å²) in [5.41, 5.74) is 9.87. The number of ether oxygens (including phenoxy) is 1. The number of nitrogens with two attached hydrogens (primary N) is 1. The van der Waals surface area contributed by atoms with E-state index in [1.54, 1.807) is 13.2 Å². The molecule has 0 radical (unpaired) electrons. The third kappa shape index (κ3) is 2.78. The minimum absolute atomic E-state index is 0.453. The van der Waals surface area contributed by atoms with Crippen molar-refractivity contribution in [2.24, 2.45) is 0 Å². The largest absolute Gasteiger partial charge is 0.479 e. The maximum atomic E-state index is 5.78. The molecule has 4 heteroatoms. The molecule has 0 amide bonds. The van der Waals surface area contributed by atoms with Gasteiger partial charge in [-0.05, 0) is 49.2 Å². The number of nitrogens with zero attached hydrogens (tertiary/aromatic N) is 2. The summed E-state index contributed by atoms with van der Waals surface area (Å²) in [6.45, 7) is 4.17. The van der Waals surface area contributed by atoms with E-state index in [0.29, 0.717) is 11.6 Å². The van der Waals surface area contributed by atoms with E-state index in [1.807, 2.05) is 18.0 Å². The summed E-state index contributed by atoms with van der Waals surface area (Å²) in [5, 5.41) is 0. The highest BCUT2D eigenvalue weighted by Crippen LogP contribution is 2.28. The Labute approximate surface area is 113 Å². The Morgan fingerprint density at radius 3 is 2.32 bits per heavy atom. The Hall–Kier alpha value is -2.23. The molecule has 0 spiro atoms. The average Bonchev–Trinajstić information content (AvgIpc) is 2.37. The minimum atomic E-state index is 0.453. The zero-order valence-corrected chi connectivity index (χ0v) is 11.8. The Morgan fingerprint density at radius 2 is 1.74 bits per heavy atom. The summed E-state index contributed by atoms with van der Waals surface area (Å²) in [7, 11) is 3.55. The lowest BCUT2D eigenvalue weighted by molar-refractivity contribution is 0.400. The lowest BCUT2D eigenvalue weighted by Gasteiger charge is -2.20.